The van der Waals surface area contributed by atoms with Gasteiger partial charge in [-0.1, -0.05) is 5.21 Å². The lowest BCUT2D eigenvalue weighted by Crippen LogP contribution is -2.50. The summed E-state index contributed by atoms with van der Waals surface area (Å²) in [6.45, 7) is 4.22. The molecule has 10 nitrogen and oxygen atoms in total. The van der Waals surface area contributed by atoms with Crippen LogP contribution in [0.1, 0.15) is 20.8 Å². The van der Waals surface area contributed by atoms with E-state index >= 15 is 0 Å². The SMILES string of the molecule is Cn1cc(C(=O)N2CCN(CCNC(=O)c3ccc4c(c3)OCO4)CC2)nn1. The Kier molecular flexibility index (Phi) is 5.11. The normalized spacial score (nSPS) is 16.2. The molecule has 2 aliphatic heterocycles. The number of ether oxygens (including phenoxy) is 2. The standard InChI is InChI=1S/C18H22N6O4/c1-22-11-14(20-21-22)18(26)24-8-6-23(7-9-24)5-4-19-17(25)13-2-3-15-16(10-13)28-12-27-15/h2-3,10-11H,4-9,12H2,1H3,(H,19,25). The second kappa shape index (κ2) is 7.85. The first-order valence-electron chi connectivity index (χ1n) is 9.16. The molecule has 148 valence electrons. The van der Waals surface area contributed by atoms with E-state index in [2.05, 4.69) is 20.5 Å². The predicted octanol–water partition coefficient (Wildman–Crippen LogP) is -0.268. The zero-order valence-electron chi connectivity index (χ0n) is 15.6. The van der Waals surface area contributed by atoms with Crippen molar-refractivity contribution < 1.29 is 19.1 Å². The van der Waals surface area contributed by atoms with Gasteiger partial charge in [0.2, 0.25) is 6.79 Å². The van der Waals surface area contributed by atoms with E-state index in [9.17, 15) is 9.59 Å². The van der Waals surface area contributed by atoms with E-state index in [-0.39, 0.29) is 18.6 Å². The summed E-state index contributed by atoms with van der Waals surface area (Å²) in [5, 5.41) is 10.6. The minimum Gasteiger partial charge on any atom is -0.454 e. The third-order valence-corrected chi connectivity index (χ3v) is 4.83. The number of nitrogens with one attached hydrogen (secondary N) is 1. The van der Waals surface area contributed by atoms with E-state index in [1.165, 1.54) is 4.68 Å². The Morgan fingerprint density at radius 1 is 1.14 bits per heavy atom. The summed E-state index contributed by atoms with van der Waals surface area (Å²) in [6, 6.07) is 5.15. The molecule has 1 N–H and O–H groups in total. The number of aromatic nitrogens is 3. The van der Waals surface area contributed by atoms with Gasteiger partial charge in [-0.15, -0.1) is 5.10 Å². The van der Waals surface area contributed by atoms with Gasteiger partial charge in [0.05, 0.1) is 6.20 Å². The number of hydrogen-bond donors (Lipinski definition) is 1. The Morgan fingerprint density at radius 3 is 2.68 bits per heavy atom. The first-order chi connectivity index (χ1) is 13.6. The van der Waals surface area contributed by atoms with Crippen LogP contribution in [0, 0.1) is 0 Å². The number of rotatable bonds is 5. The lowest BCUT2D eigenvalue weighted by Gasteiger charge is -2.34. The van der Waals surface area contributed by atoms with Gasteiger partial charge >= 0.3 is 0 Å². The molecule has 1 aromatic heterocycles. The van der Waals surface area contributed by atoms with E-state index in [1.54, 1.807) is 36.3 Å². The number of hydrogen-bond acceptors (Lipinski definition) is 7. The van der Waals surface area contributed by atoms with Gasteiger partial charge in [0.25, 0.3) is 11.8 Å². The summed E-state index contributed by atoms with van der Waals surface area (Å²) in [4.78, 5) is 28.7. The third kappa shape index (κ3) is 3.91. The highest BCUT2D eigenvalue weighted by Gasteiger charge is 2.24. The first kappa shape index (κ1) is 18.2. The fourth-order valence-corrected chi connectivity index (χ4v) is 3.25. The summed E-state index contributed by atoms with van der Waals surface area (Å²) in [7, 11) is 1.74. The van der Waals surface area contributed by atoms with Crippen LogP contribution >= 0.6 is 0 Å². The van der Waals surface area contributed by atoms with Crippen LogP contribution in [0.25, 0.3) is 0 Å². The molecule has 0 radical (unpaired) electrons. The predicted molar refractivity (Wildman–Crippen MR) is 98.2 cm³/mol. The first-order valence-corrected chi connectivity index (χ1v) is 9.16. The summed E-state index contributed by atoms with van der Waals surface area (Å²) in [5.74, 6) is 1.01. The Balaban J connectivity index is 1.20. The van der Waals surface area contributed by atoms with Crippen molar-refractivity contribution in [3.8, 4) is 11.5 Å². The highest BCUT2D eigenvalue weighted by molar-refractivity contribution is 5.95. The number of amides is 2. The molecule has 0 aliphatic carbocycles. The molecular formula is C18H22N6O4. The average Bonchev–Trinajstić information content (AvgIpc) is 3.36. The number of piperazine rings is 1. The van der Waals surface area contributed by atoms with Crippen LogP contribution in [0.4, 0.5) is 0 Å². The van der Waals surface area contributed by atoms with Crippen molar-refractivity contribution >= 4 is 11.8 Å². The molecule has 4 rings (SSSR count). The second-order valence-electron chi connectivity index (χ2n) is 6.74. The number of aryl methyl sites for hydroxylation is 1. The second-order valence-corrected chi connectivity index (χ2v) is 6.74. The molecule has 3 heterocycles. The van der Waals surface area contributed by atoms with E-state index in [0.717, 1.165) is 19.6 Å². The van der Waals surface area contributed by atoms with Crippen LogP contribution in [0.3, 0.4) is 0 Å². The third-order valence-electron chi connectivity index (χ3n) is 4.83. The monoisotopic (exact) mass is 386 g/mol. The fourth-order valence-electron chi connectivity index (χ4n) is 3.25. The number of nitrogens with zero attached hydrogens (tertiary/aromatic N) is 5. The van der Waals surface area contributed by atoms with E-state index in [1.807, 2.05) is 0 Å². The highest BCUT2D eigenvalue weighted by Crippen LogP contribution is 2.32. The van der Waals surface area contributed by atoms with Gasteiger partial charge < -0.3 is 19.7 Å². The molecule has 0 spiro atoms. The maximum Gasteiger partial charge on any atom is 0.276 e. The molecule has 0 saturated carbocycles. The molecule has 28 heavy (non-hydrogen) atoms. The number of carbonyl (C=O) groups is 2. The molecule has 0 atom stereocenters. The lowest BCUT2D eigenvalue weighted by atomic mass is 10.2. The van der Waals surface area contributed by atoms with Crippen LogP contribution in [0.5, 0.6) is 11.5 Å². The van der Waals surface area contributed by atoms with Gasteiger partial charge in [0.15, 0.2) is 17.2 Å². The number of benzene rings is 1. The Bertz CT molecular complexity index is 875. The van der Waals surface area contributed by atoms with Crippen molar-refractivity contribution in [2.45, 2.75) is 0 Å². The number of fused-ring (bicyclic) bond motifs is 1. The van der Waals surface area contributed by atoms with Crippen molar-refractivity contribution in [3.05, 3.63) is 35.7 Å². The molecule has 1 saturated heterocycles. The summed E-state index contributed by atoms with van der Waals surface area (Å²) >= 11 is 0. The van der Waals surface area contributed by atoms with Crippen LogP contribution < -0.4 is 14.8 Å². The van der Waals surface area contributed by atoms with Crippen molar-refractivity contribution in [2.24, 2.45) is 7.05 Å². The molecule has 2 amide bonds. The Morgan fingerprint density at radius 2 is 1.93 bits per heavy atom. The summed E-state index contributed by atoms with van der Waals surface area (Å²) in [5.41, 5.74) is 0.913. The summed E-state index contributed by atoms with van der Waals surface area (Å²) < 4.78 is 12.1. The Hall–Kier alpha value is -3.14. The van der Waals surface area contributed by atoms with Gasteiger partial charge in [-0.25, -0.2) is 0 Å². The minimum atomic E-state index is -0.144. The van der Waals surface area contributed by atoms with Gasteiger partial charge in [-0.2, -0.15) is 0 Å². The van der Waals surface area contributed by atoms with Crippen LogP contribution in [0.2, 0.25) is 0 Å². The maximum atomic E-state index is 12.4. The molecule has 10 heteroatoms. The average molecular weight is 386 g/mol. The zero-order valence-corrected chi connectivity index (χ0v) is 15.6. The molecule has 0 bridgehead atoms. The van der Waals surface area contributed by atoms with Crippen LogP contribution in [-0.4, -0.2) is 82.7 Å². The van der Waals surface area contributed by atoms with Crippen molar-refractivity contribution in [2.75, 3.05) is 46.1 Å². The van der Waals surface area contributed by atoms with Crippen molar-refractivity contribution in [1.29, 1.82) is 0 Å². The van der Waals surface area contributed by atoms with Crippen molar-refractivity contribution in [1.82, 2.24) is 30.1 Å². The molecule has 1 aromatic carbocycles. The topological polar surface area (TPSA) is 102 Å². The molecule has 2 aromatic rings. The summed E-state index contributed by atoms with van der Waals surface area (Å²) in [6.07, 6.45) is 1.63. The van der Waals surface area contributed by atoms with E-state index < -0.39 is 0 Å². The quantitative estimate of drug-likeness (QED) is 0.755. The highest BCUT2D eigenvalue weighted by atomic mass is 16.7. The molecule has 0 unspecified atom stereocenters. The fraction of sp³-hybridized carbons (Fsp3) is 0.444. The maximum absolute atomic E-state index is 12.4. The van der Waals surface area contributed by atoms with Gasteiger partial charge in [-0.3, -0.25) is 19.2 Å². The molecule has 2 aliphatic rings. The molecular weight excluding hydrogens is 364 g/mol. The van der Waals surface area contributed by atoms with Gasteiger partial charge in [0.1, 0.15) is 0 Å². The smallest absolute Gasteiger partial charge is 0.276 e. The van der Waals surface area contributed by atoms with Crippen LogP contribution in [-0.2, 0) is 7.05 Å². The van der Waals surface area contributed by atoms with Crippen LogP contribution in [0.15, 0.2) is 24.4 Å². The minimum absolute atomic E-state index is 0.0936. The van der Waals surface area contributed by atoms with Gasteiger partial charge in [-0.05, 0) is 18.2 Å². The van der Waals surface area contributed by atoms with Gasteiger partial charge in [0, 0.05) is 51.9 Å². The largest absolute Gasteiger partial charge is 0.454 e. The zero-order chi connectivity index (χ0) is 19.5. The van der Waals surface area contributed by atoms with E-state index in [0.29, 0.717) is 42.4 Å². The van der Waals surface area contributed by atoms with E-state index in [4.69, 9.17) is 9.47 Å². The number of carbonyl (C=O) groups excluding carboxylic acids is 2. The lowest BCUT2D eigenvalue weighted by molar-refractivity contribution is 0.0632. The van der Waals surface area contributed by atoms with Crippen molar-refractivity contribution in [3.63, 3.8) is 0 Å². The molecule has 1 fully saturated rings. The Labute approximate surface area is 162 Å².